The van der Waals surface area contributed by atoms with Crippen LogP contribution in [0.5, 0.6) is 0 Å². The maximum absolute atomic E-state index is 13.2. The lowest BCUT2D eigenvalue weighted by Gasteiger charge is -2.18. The molecular formula is C21H25ClFIN4O2. The quantitative estimate of drug-likeness (QED) is 0.144. The van der Waals surface area contributed by atoms with Crippen LogP contribution in [-0.2, 0) is 16.1 Å². The minimum absolute atomic E-state index is 0. The Balaban J connectivity index is 0.00000256. The molecule has 3 aliphatic rings. The third-order valence-electron chi connectivity index (χ3n) is 6.08. The van der Waals surface area contributed by atoms with Gasteiger partial charge in [-0.2, -0.15) is 0 Å². The number of rotatable bonds is 6. The molecule has 1 saturated carbocycles. The van der Waals surface area contributed by atoms with Crippen LogP contribution in [0.4, 0.5) is 4.39 Å². The van der Waals surface area contributed by atoms with E-state index >= 15 is 0 Å². The fourth-order valence-corrected chi connectivity index (χ4v) is 4.89. The second-order valence-corrected chi connectivity index (χ2v) is 8.19. The zero-order valence-electron chi connectivity index (χ0n) is 16.6. The Labute approximate surface area is 197 Å². The number of likely N-dealkylation sites (tertiary alicyclic amines) is 1. The van der Waals surface area contributed by atoms with E-state index in [1.165, 1.54) is 11.0 Å². The summed E-state index contributed by atoms with van der Waals surface area (Å²) in [6, 6.07) is 4.56. The van der Waals surface area contributed by atoms with E-state index < -0.39 is 5.82 Å². The van der Waals surface area contributed by atoms with Gasteiger partial charge in [-0.3, -0.25) is 19.5 Å². The molecule has 1 aromatic carbocycles. The van der Waals surface area contributed by atoms with Gasteiger partial charge in [-0.1, -0.05) is 29.8 Å². The zero-order valence-corrected chi connectivity index (χ0v) is 19.7. The highest BCUT2D eigenvalue weighted by Gasteiger charge is 2.58. The predicted molar refractivity (Wildman–Crippen MR) is 124 cm³/mol. The van der Waals surface area contributed by atoms with Crippen LogP contribution in [0.2, 0.25) is 5.02 Å². The van der Waals surface area contributed by atoms with Crippen molar-refractivity contribution in [3.05, 3.63) is 46.8 Å². The van der Waals surface area contributed by atoms with Crippen molar-refractivity contribution >= 4 is 53.4 Å². The molecule has 1 heterocycles. The van der Waals surface area contributed by atoms with Gasteiger partial charge in [0.25, 0.3) is 0 Å². The highest BCUT2D eigenvalue weighted by atomic mass is 127. The maximum Gasteiger partial charge on any atom is 0.233 e. The minimum atomic E-state index is -0.447. The van der Waals surface area contributed by atoms with E-state index in [1.54, 1.807) is 19.2 Å². The van der Waals surface area contributed by atoms with E-state index in [-0.39, 0.29) is 64.5 Å². The molecule has 2 fully saturated rings. The van der Waals surface area contributed by atoms with E-state index in [9.17, 15) is 14.0 Å². The molecule has 2 bridgehead atoms. The van der Waals surface area contributed by atoms with Crippen molar-refractivity contribution < 1.29 is 14.0 Å². The Morgan fingerprint density at radius 1 is 1.20 bits per heavy atom. The summed E-state index contributed by atoms with van der Waals surface area (Å²) in [6.45, 7) is 1.44. The van der Waals surface area contributed by atoms with Gasteiger partial charge in [0.15, 0.2) is 5.96 Å². The Morgan fingerprint density at radius 3 is 2.47 bits per heavy atom. The number of aliphatic imine (C=N–C) groups is 1. The molecule has 0 spiro atoms. The molecule has 1 aromatic rings. The summed E-state index contributed by atoms with van der Waals surface area (Å²) in [6.07, 6.45) is 5.80. The molecule has 2 amide bonds. The average Bonchev–Trinajstić information content (AvgIpc) is 3.39. The first kappa shape index (κ1) is 23.0. The van der Waals surface area contributed by atoms with Crippen molar-refractivity contribution in [3.8, 4) is 0 Å². The van der Waals surface area contributed by atoms with E-state index in [0.717, 1.165) is 12.0 Å². The topological polar surface area (TPSA) is 73.8 Å². The maximum atomic E-state index is 13.2. The number of carbonyl (C=O) groups is 2. The number of imide groups is 1. The van der Waals surface area contributed by atoms with E-state index in [1.807, 2.05) is 0 Å². The van der Waals surface area contributed by atoms with E-state index in [4.69, 9.17) is 11.6 Å². The largest absolute Gasteiger partial charge is 0.356 e. The molecule has 1 aliphatic heterocycles. The van der Waals surface area contributed by atoms with Gasteiger partial charge in [0.2, 0.25) is 11.8 Å². The molecule has 2 N–H and O–H groups in total. The molecular weight excluding hydrogens is 522 g/mol. The molecule has 6 nitrogen and oxygen atoms in total. The fraction of sp³-hybridized carbons (Fsp3) is 0.476. The molecule has 0 radical (unpaired) electrons. The van der Waals surface area contributed by atoms with Gasteiger partial charge < -0.3 is 10.6 Å². The number of carbonyl (C=O) groups excluding carboxylic acids is 2. The van der Waals surface area contributed by atoms with Crippen molar-refractivity contribution in [2.45, 2.75) is 19.4 Å². The van der Waals surface area contributed by atoms with Crippen LogP contribution in [0.15, 0.2) is 35.3 Å². The van der Waals surface area contributed by atoms with Crippen molar-refractivity contribution in [3.63, 3.8) is 0 Å². The first-order valence-corrected chi connectivity index (χ1v) is 10.3. The average molecular weight is 547 g/mol. The summed E-state index contributed by atoms with van der Waals surface area (Å²) < 4.78 is 13.2. The summed E-state index contributed by atoms with van der Waals surface area (Å²) in [5, 5.41) is 6.39. The van der Waals surface area contributed by atoms with Crippen molar-refractivity contribution in [2.24, 2.45) is 28.7 Å². The Hall–Kier alpha value is -1.68. The van der Waals surface area contributed by atoms with Gasteiger partial charge >= 0.3 is 0 Å². The lowest BCUT2D eigenvalue weighted by Crippen LogP contribution is -2.39. The molecule has 4 rings (SSSR count). The van der Waals surface area contributed by atoms with Crippen molar-refractivity contribution in [2.75, 3.05) is 20.1 Å². The second kappa shape index (κ2) is 9.64. The highest BCUT2D eigenvalue weighted by molar-refractivity contribution is 14.0. The summed E-state index contributed by atoms with van der Waals surface area (Å²) in [5.74, 6) is 0.338. The molecule has 2 aliphatic carbocycles. The Kier molecular flexibility index (Phi) is 7.38. The standard InChI is InChI=1S/C21H24ClFN4O2.HI/c1-24-21(26-11-12-3-6-16(23)15(22)9-12)25-7-2-8-27-19(28)17-13-4-5-14(10-13)18(17)20(27)29;/h3-6,9,13-14,17-18H,2,7-8,10-11H2,1H3,(H2,24,25,26);1H. The molecule has 162 valence electrons. The summed E-state index contributed by atoms with van der Waals surface area (Å²) in [7, 11) is 1.66. The molecule has 4 atom stereocenters. The van der Waals surface area contributed by atoms with Gasteiger partial charge in [0.1, 0.15) is 5.82 Å². The van der Waals surface area contributed by atoms with Gasteiger partial charge in [0, 0.05) is 26.7 Å². The lowest BCUT2D eigenvalue weighted by molar-refractivity contribution is -0.140. The van der Waals surface area contributed by atoms with Gasteiger partial charge in [0.05, 0.1) is 16.9 Å². The van der Waals surface area contributed by atoms with Crippen LogP contribution < -0.4 is 10.6 Å². The van der Waals surface area contributed by atoms with Gasteiger partial charge in [-0.15, -0.1) is 24.0 Å². The zero-order chi connectivity index (χ0) is 20.5. The monoisotopic (exact) mass is 546 g/mol. The van der Waals surface area contributed by atoms with Crippen LogP contribution in [0.25, 0.3) is 0 Å². The number of nitrogens with one attached hydrogen (secondary N) is 2. The van der Waals surface area contributed by atoms with Gasteiger partial charge in [-0.05, 0) is 42.4 Å². The third-order valence-corrected chi connectivity index (χ3v) is 6.37. The highest BCUT2D eigenvalue weighted by Crippen LogP contribution is 2.52. The number of amides is 2. The predicted octanol–water partition coefficient (Wildman–Crippen LogP) is 2.96. The Bertz CT molecular complexity index is 864. The number of fused-ring (bicyclic) bond motifs is 5. The molecule has 0 aromatic heterocycles. The summed E-state index contributed by atoms with van der Waals surface area (Å²) >= 11 is 5.80. The van der Waals surface area contributed by atoms with Crippen LogP contribution in [0.3, 0.4) is 0 Å². The van der Waals surface area contributed by atoms with Crippen molar-refractivity contribution in [1.82, 2.24) is 15.5 Å². The van der Waals surface area contributed by atoms with E-state index in [2.05, 4.69) is 27.8 Å². The van der Waals surface area contributed by atoms with Crippen LogP contribution in [0, 0.1) is 29.5 Å². The smallest absolute Gasteiger partial charge is 0.233 e. The number of nitrogens with zero attached hydrogens (tertiary/aromatic N) is 2. The SMILES string of the molecule is CN=C(NCCCN1C(=O)C2C3C=CC(C3)C2C1=O)NCc1ccc(F)c(Cl)c1.I. The number of hydrogen-bond donors (Lipinski definition) is 2. The fourth-order valence-electron chi connectivity index (χ4n) is 4.68. The minimum Gasteiger partial charge on any atom is -0.356 e. The molecule has 30 heavy (non-hydrogen) atoms. The number of benzene rings is 1. The molecule has 1 saturated heterocycles. The second-order valence-electron chi connectivity index (χ2n) is 7.78. The number of allylic oxidation sites excluding steroid dienone is 2. The van der Waals surface area contributed by atoms with E-state index in [0.29, 0.717) is 32.0 Å². The molecule has 9 heteroatoms. The number of hydrogen-bond acceptors (Lipinski definition) is 3. The number of guanidine groups is 1. The van der Waals surface area contributed by atoms with Crippen molar-refractivity contribution in [1.29, 1.82) is 0 Å². The van der Waals surface area contributed by atoms with Crippen LogP contribution in [-0.4, -0.2) is 42.8 Å². The van der Waals surface area contributed by atoms with Crippen LogP contribution >= 0.6 is 35.6 Å². The first-order valence-electron chi connectivity index (χ1n) is 9.91. The molecule has 4 unspecified atom stereocenters. The van der Waals surface area contributed by atoms with Gasteiger partial charge in [-0.25, -0.2) is 4.39 Å². The summed E-state index contributed by atoms with van der Waals surface area (Å²) in [4.78, 5) is 30.9. The first-order chi connectivity index (χ1) is 14.0. The van der Waals surface area contributed by atoms with Crippen LogP contribution in [0.1, 0.15) is 18.4 Å². The number of halogens is 3. The summed E-state index contributed by atoms with van der Waals surface area (Å²) in [5.41, 5.74) is 0.836. The lowest BCUT2D eigenvalue weighted by atomic mass is 9.85. The third kappa shape index (κ3) is 4.34. The Morgan fingerprint density at radius 2 is 1.87 bits per heavy atom. The normalized spacial score (nSPS) is 26.8.